The van der Waals surface area contributed by atoms with Gasteiger partial charge in [0.1, 0.15) is 11.8 Å². The summed E-state index contributed by atoms with van der Waals surface area (Å²) in [5.74, 6) is -6.85. The molecular formula is C13H12FN3O3. The molecule has 0 aliphatic carbocycles. The number of piperidine rings is 1. The average molecular weight is 286 g/mol. The number of nitrogens with zero attached hydrogens (tertiary/aromatic N) is 1. The van der Waals surface area contributed by atoms with Crippen LogP contribution in [-0.4, -0.2) is 28.6 Å². The van der Waals surface area contributed by atoms with Crippen LogP contribution in [0.4, 0.5) is 10.1 Å². The van der Waals surface area contributed by atoms with E-state index in [4.69, 9.17) is 18.1 Å². The lowest BCUT2D eigenvalue weighted by Gasteiger charge is -2.29. The first-order chi connectivity index (χ1) is 13.0. The molecule has 6 nitrogen and oxygen atoms in total. The number of fused-ring (bicyclic) bond motifs is 1. The van der Waals surface area contributed by atoms with Crippen molar-refractivity contribution in [3.8, 4) is 0 Å². The van der Waals surface area contributed by atoms with E-state index in [-0.39, 0.29) is 4.90 Å². The van der Waals surface area contributed by atoms with Gasteiger partial charge in [0, 0.05) is 35.2 Å². The minimum absolute atomic E-state index is 0.322. The highest BCUT2D eigenvalue weighted by Gasteiger charge is 2.39. The second-order valence-electron chi connectivity index (χ2n) is 3.86. The summed E-state index contributed by atoms with van der Waals surface area (Å²) in [5, 5.41) is 1.40. The van der Waals surface area contributed by atoms with Crippen molar-refractivity contribution < 1.29 is 31.1 Å². The van der Waals surface area contributed by atoms with Crippen molar-refractivity contribution >= 4 is 23.4 Å². The van der Waals surface area contributed by atoms with Gasteiger partial charge < -0.3 is 10.6 Å². The molecule has 0 aromatic heterocycles. The van der Waals surface area contributed by atoms with Crippen molar-refractivity contribution in [3.63, 3.8) is 0 Å². The van der Waals surface area contributed by atoms with Crippen molar-refractivity contribution in [1.29, 1.82) is 0 Å². The summed E-state index contributed by atoms with van der Waals surface area (Å²) >= 11 is 0. The molecule has 2 aliphatic rings. The third-order valence-electron chi connectivity index (χ3n) is 2.60. The Morgan fingerprint density at radius 2 is 2.25 bits per heavy atom. The molecule has 0 saturated carbocycles. The van der Waals surface area contributed by atoms with E-state index >= 15 is 0 Å². The molecule has 1 saturated heterocycles. The quantitative estimate of drug-likeness (QED) is 0.568. The van der Waals surface area contributed by atoms with Crippen molar-refractivity contribution in [3.05, 3.63) is 29.0 Å². The summed E-state index contributed by atoms with van der Waals surface area (Å²) in [6, 6.07) is -6.07. The number of halogens is 1. The van der Waals surface area contributed by atoms with E-state index in [2.05, 4.69) is 0 Å². The zero-order valence-corrected chi connectivity index (χ0v) is 9.63. The number of nitrogens with two attached hydrogens (primary N) is 1. The maximum absolute atomic E-state index is 14.1. The smallest absolute Gasteiger partial charge is 0.255 e. The molecule has 3 N–H and O–H groups in total. The number of carbonyl (C=O) groups excluding carboxylic acids is 3. The van der Waals surface area contributed by atoms with Gasteiger partial charge in [0.25, 0.3) is 5.91 Å². The third kappa shape index (κ3) is 1.82. The van der Waals surface area contributed by atoms with Gasteiger partial charge in [-0.15, -0.1) is 0 Å². The number of benzene rings is 1. The molecule has 3 rings (SSSR count). The van der Waals surface area contributed by atoms with Crippen molar-refractivity contribution in [1.82, 2.24) is 10.2 Å². The summed E-state index contributed by atoms with van der Waals surface area (Å²) in [6.45, 7) is -3.32. The molecule has 2 aliphatic heterocycles. The molecule has 7 heteroatoms. The van der Waals surface area contributed by atoms with Crippen LogP contribution in [0, 0.1) is 5.82 Å². The van der Waals surface area contributed by atoms with Crippen LogP contribution in [0.2, 0.25) is 0 Å². The lowest BCUT2D eigenvalue weighted by Crippen LogP contribution is -2.52. The molecule has 3 amide bonds. The highest BCUT2D eigenvalue weighted by Crippen LogP contribution is 2.31. The monoisotopic (exact) mass is 286 g/mol. The highest BCUT2D eigenvalue weighted by atomic mass is 19.1. The van der Waals surface area contributed by atoms with Crippen LogP contribution in [-0.2, 0) is 16.1 Å². The number of anilines is 1. The summed E-state index contributed by atoms with van der Waals surface area (Å²) in [4.78, 5) is 36.7. The van der Waals surface area contributed by atoms with Crippen LogP contribution in [0.3, 0.4) is 0 Å². The predicted octanol–water partition coefficient (Wildman–Crippen LogP) is 0.169. The third-order valence-corrected chi connectivity index (χ3v) is 2.60. The number of nitrogens with one attached hydrogen (secondary N) is 1. The largest absolute Gasteiger partial charge is 0.398 e. The van der Waals surface area contributed by atoms with Crippen LogP contribution >= 0.6 is 0 Å². The second kappa shape index (κ2) is 4.29. The van der Waals surface area contributed by atoms with E-state index in [1.54, 1.807) is 0 Å². The number of amides is 3. The van der Waals surface area contributed by atoms with Gasteiger partial charge in [-0.25, -0.2) is 4.39 Å². The minimum atomic E-state index is -3.77. The van der Waals surface area contributed by atoms with Crippen LogP contribution < -0.4 is 11.1 Å². The number of carbonyl (C=O) groups is 3. The summed E-state index contributed by atoms with van der Waals surface area (Å²) in [5.41, 5.74) is 2.67. The maximum atomic E-state index is 14.1. The zero-order chi connectivity index (χ0) is 22.5. The molecule has 2 heterocycles. The van der Waals surface area contributed by atoms with E-state index in [1.165, 1.54) is 5.32 Å². The fourth-order valence-electron chi connectivity index (χ4n) is 1.75. The van der Waals surface area contributed by atoms with Crippen LogP contribution in [0.15, 0.2) is 12.1 Å². The Bertz CT molecular complexity index is 1020. The molecule has 0 bridgehead atoms. The molecule has 1 atom stereocenters. The molecule has 0 spiro atoms. The van der Waals surface area contributed by atoms with Gasteiger partial charge in [-0.05, 0) is 18.5 Å². The lowest BCUT2D eigenvalue weighted by molar-refractivity contribution is -0.136. The van der Waals surface area contributed by atoms with Gasteiger partial charge >= 0.3 is 0 Å². The predicted molar refractivity (Wildman–Crippen MR) is 66.9 cm³/mol. The molecule has 0 unspecified atom stereocenters. The molecule has 1 fully saturated rings. The Kier molecular flexibility index (Phi) is 1.27. The van der Waals surface area contributed by atoms with Crippen molar-refractivity contribution in [2.45, 2.75) is 25.3 Å². The maximum Gasteiger partial charge on any atom is 0.255 e. The number of imide groups is 1. The minimum Gasteiger partial charge on any atom is -0.398 e. The molecule has 1 aromatic carbocycles. The Hall–Kier alpha value is -2.44. The molecule has 104 valence electrons. The Morgan fingerprint density at radius 3 is 3.00 bits per heavy atom. The van der Waals surface area contributed by atoms with Gasteiger partial charge in [-0.2, -0.15) is 0 Å². The summed E-state index contributed by atoms with van der Waals surface area (Å²) in [7, 11) is 0. The number of hydrogen-bond acceptors (Lipinski definition) is 4. The van der Waals surface area contributed by atoms with Crippen molar-refractivity contribution in [2.24, 2.45) is 0 Å². The fraction of sp³-hybridized carbons (Fsp3) is 0.308. The van der Waals surface area contributed by atoms with Gasteiger partial charge in [-0.3, -0.25) is 19.7 Å². The Labute approximate surface area is 126 Å². The Morgan fingerprint density at radius 1 is 1.50 bits per heavy atom. The van der Waals surface area contributed by atoms with E-state index in [0.717, 1.165) is 0 Å². The van der Waals surface area contributed by atoms with Crippen LogP contribution in [0.1, 0.15) is 41.0 Å². The Balaban J connectivity index is 2.37. The highest BCUT2D eigenvalue weighted by molar-refractivity contribution is 6.06. The second-order valence-corrected chi connectivity index (χ2v) is 3.86. The standard InChI is InChI=1S/C13H12FN3O3/c14-6-3-7-8(9(15)4-6)5-17(13(7)20)10-1-2-11(18)16-12(10)19/h3-4,10H,1-2,5,15H2,(H,16,18,19)/t10-/m0/s1/i1D2,2D2,3D,4D,5D2,10D. The first kappa shape index (κ1) is 5.90. The summed E-state index contributed by atoms with van der Waals surface area (Å²) < 4.78 is 85.2. The number of nitrogen functional groups attached to an aromatic ring is 1. The van der Waals surface area contributed by atoms with Crippen LogP contribution in [0.25, 0.3) is 0 Å². The van der Waals surface area contributed by atoms with Crippen LogP contribution in [0.5, 0.6) is 0 Å². The van der Waals surface area contributed by atoms with E-state index in [0.29, 0.717) is 0 Å². The van der Waals surface area contributed by atoms with Crippen molar-refractivity contribution in [2.75, 3.05) is 5.73 Å². The zero-order valence-electron chi connectivity index (χ0n) is 18.6. The molecule has 1 aromatic rings. The summed E-state index contributed by atoms with van der Waals surface area (Å²) in [6.07, 6.45) is -7.32. The SMILES string of the molecule is [2H]c1c(N)c2c(c([2H])c1F)C(=O)N([C@]1([2H])C(=O)NC(=O)C([2H])([2H])C1([2H])[2H])C2([2H])[2H]. The van der Waals surface area contributed by atoms with E-state index < -0.39 is 77.7 Å². The van der Waals surface area contributed by atoms with E-state index in [9.17, 15) is 18.8 Å². The number of rotatable bonds is 1. The first-order valence-electron chi connectivity index (χ1n) is 9.76. The average Bonchev–Trinajstić information content (AvgIpc) is 2.81. The van der Waals surface area contributed by atoms with Gasteiger partial charge in [0.2, 0.25) is 11.8 Å². The number of hydrogen-bond donors (Lipinski definition) is 2. The molecule has 0 radical (unpaired) electrons. The van der Waals surface area contributed by atoms with Gasteiger partial charge in [0.15, 0.2) is 0 Å². The molecule has 20 heavy (non-hydrogen) atoms. The normalized spacial score (nSPS) is 39.8. The first-order valence-corrected chi connectivity index (χ1v) is 5.26. The van der Waals surface area contributed by atoms with Gasteiger partial charge in [-0.1, -0.05) is 0 Å². The van der Waals surface area contributed by atoms with Gasteiger partial charge in [0.05, 0.1) is 6.85 Å². The van der Waals surface area contributed by atoms with E-state index in [1.807, 2.05) is 0 Å². The molecular weight excluding hydrogens is 265 g/mol. The fourth-order valence-corrected chi connectivity index (χ4v) is 1.75. The lowest BCUT2D eigenvalue weighted by atomic mass is 10.0. The topological polar surface area (TPSA) is 92.5 Å².